The van der Waals surface area contributed by atoms with Crippen LogP contribution in [0.3, 0.4) is 0 Å². The fourth-order valence-electron chi connectivity index (χ4n) is 5.83. The molecule has 33 heavy (non-hydrogen) atoms. The molecule has 176 valence electrons. The van der Waals surface area contributed by atoms with Crippen LogP contribution >= 0.6 is 0 Å². The van der Waals surface area contributed by atoms with Gasteiger partial charge in [-0.1, -0.05) is 81.0 Å². The molecule has 1 spiro atoms. The fraction of sp³-hybridized carbons (Fsp3) is 0.500. The predicted molar refractivity (Wildman–Crippen MR) is 128 cm³/mol. The summed E-state index contributed by atoms with van der Waals surface area (Å²) in [4.78, 5) is 26.7. The topological polar surface area (TPSA) is 75.6 Å². The number of aliphatic hydroxyl groups excluding tert-OH is 1. The van der Waals surface area contributed by atoms with Gasteiger partial charge in [0.2, 0.25) is 5.60 Å². The van der Waals surface area contributed by atoms with E-state index in [4.69, 9.17) is 4.74 Å². The number of aliphatic hydroxyl groups is 1. The number of hydrogen-bond acceptors (Lipinski definition) is 4. The van der Waals surface area contributed by atoms with Gasteiger partial charge in [-0.25, -0.2) is 4.79 Å². The standard InChI is InChI=1S/C28H35NO4/c1-17-9-8-12-22-15-19(3)20(4)25-23(16-21-10-6-5-7-11-21)29-27(32)28(22,25)33-24(30)14-13-18(2)26(17)31/h5-8,10-15,17-18,20,22-23,25-26,31H,9,16H2,1-4H3,(H,29,32)/b12-8+,14-13+. The van der Waals surface area contributed by atoms with Crippen molar-refractivity contribution < 1.29 is 19.4 Å². The Balaban J connectivity index is 1.77. The number of carbonyl (C=O) groups is 2. The molecule has 0 saturated carbocycles. The Hall–Kier alpha value is -2.66. The molecule has 3 aliphatic rings. The molecule has 1 aromatic rings. The molecule has 1 fully saturated rings. The molecule has 1 saturated heterocycles. The largest absolute Gasteiger partial charge is 0.444 e. The van der Waals surface area contributed by atoms with Gasteiger partial charge in [0, 0.05) is 29.9 Å². The summed E-state index contributed by atoms with van der Waals surface area (Å²) >= 11 is 0. The average molecular weight is 450 g/mol. The summed E-state index contributed by atoms with van der Waals surface area (Å²) in [7, 11) is 0. The van der Waals surface area contributed by atoms with Crippen molar-refractivity contribution in [3.8, 4) is 0 Å². The third-order valence-corrected chi connectivity index (χ3v) is 7.87. The Bertz CT molecular complexity index is 981. The molecule has 4 rings (SSSR count). The zero-order chi connectivity index (χ0) is 23.8. The van der Waals surface area contributed by atoms with Gasteiger partial charge < -0.3 is 15.2 Å². The van der Waals surface area contributed by atoms with Crippen molar-refractivity contribution in [1.82, 2.24) is 5.32 Å². The van der Waals surface area contributed by atoms with E-state index in [1.54, 1.807) is 6.08 Å². The second-order valence-corrected chi connectivity index (χ2v) is 10.1. The Kier molecular flexibility index (Phi) is 6.62. The van der Waals surface area contributed by atoms with Crippen LogP contribution in [-0.4, -0.2) is 34.7 Å². The Morgan fingerprint density at radius 1 is 1.12 bits per heavy atom. The van der Waals surface area contributed by atoms with Gasteiger partial charge in [0.25, 0.3) is 5.91 Å². The molecular weight excluding hydrogens is 414 g/mol. The second-order valence-electron chi connectivity index (χ2n) is 10.1. The van der Waals surface area contributed by atoms with Crippen molar-refractivity contribution in [1.29, 1.82) is 0 Å². The highest BCUT2D eigenvalue weighted by Crippen LogP contribution is 2.50. The molecule has 2 N–H and O–H groups in total. The summed E-state index contributed by atoms with van der Waals surface area (Å²) < 4.78 is 6.13. The minimum Gasteiger partial charge on any atom is -0.444 e. The predicted octanol–water partition coefficient (Wildman–Crippen LogP) is 3.99. The van der Waals surface area contributed by atoms with Gasteiger partial charge in [-0.15, -0.1) is 0 Å². The maximum absolute atomic E-state index is 13.6. The lowest BCUT2D eigenvalue weighted by Gasteiger charge is -2.44. The number of nitrogens with one attached hydrogen (secondary N) is 1. The minimum atomic E-state index is -1.29. The van der Waals surface area contributed by atoms with E-state index in [1.807, 2.05) is 44.2 Å². The summed E-state index contributed by atoms with van der Waals surface area (Å²) in [5.74, 6) is -1.41. The number of amides is 1. The lowest BCUT2D eigenvalue weighted by Crippen LogP contribution is -2.56. The molecule has 0 bridgehead atoms. The minimum absolute atomic E-state index is 0.0268. The van der Waals surface area contributed by atoms with Crippen LogP contribution in [0.5, 0.6) is 0 Å². The summed E-state index contributed by atoms with van der Waals surface area (Å²) in [5, 5.41) is 13.8. The van der Waals surface area contributed by atoms with Gasteiger partial charge in [-0.05, 0) is 37.2 Å². The highest BCUT2D eigenvalue weighted by Gasteiger charge is 2.64. The van der Waals surface area contributed by atoms with E-state index in [0.29, 0.717) is 12.8 Å². The monoisotopic (exact) mass is 449 g/mol. The molecule has 1 amide bonds. The van der Waals surface area contributed by atoms with Crippen LogP contribution in [0.2, 0.25) is 0 Å². The molecule has 5 nitrogen and oxygen atoms in total. The van der Waals surface area contributed by atoms with Crippen molar-refractivity contribution in [3.05, 3.63) is 71.8 Å². The van der Waals surface area contributed by atoms with E-state index in [2.05, 4.69) is 37.4 Å². The molecule has 5 heteroatoms. The maximum Gasteiger partial charge on any atom is 0.331 e. The first kappa shape index (κ1) is 23.5. The number of ether oxygens (including phenoxy) is 1. The first-order valence-corrected chi connectivity index (χ1v) is 12.0. The van der Waals surface area contributed by atoms with Crippen molar-refractivity contribution >= 4 is 11.9 Å². The van der Waals surface area contributed by atoms with E-state index in [1.165, 1.54) is 11.6 Å². The highest BCUT2D eigenvalue weighted by atomic mass is 16.6. The first-order valence-electron chi connectivity index (χ1n) is 12.0. The van der Waals surface area contributed by atoms with Gasteiger partial charge in [0.05, 0.1) is 6.10 Å². The van der Waals surface area contributed by atoms with Gasteiger partial charge >= 0.3 is 5.97 Å². The Labute approximate surface area is 196 Å². The van der Waals surface area contributed by atoms with Crippen molar-refractivity contribution in [2.75, 3.05) is 0 Å². The van der Waals surface area contributed by atoms with E-state index >= 15 is 0 Å². The molecule has 8 atom stereocenters. The van der Waals surface area contributed by atoms with Crippen LogP contribution < -0.4 is 5.32 Å². The molecule has 1 aromatic carbocycles. The fourth-order valence-corrected chi connectivity index (χ4v) is 5.83. The van der Waals surface area contributed by atoms with Crippen LogP contribution in [0.1, 0.15) is 39.7 Å². The van der Waals surface area contributed by atoms with Crippen LogP contribution in [0.15, 0.2) is 66.3 Å². The van der Waals surface area contributed by atoms with Crippen LogP contribution in [0.25, 0.3) is 0 Å². The lowest BCUT2D eigenvalue weighted by atomic mass is 9.63. The summed E-state index contributed by atoms with van der Waals surface area (Å²) in [6.45, 7) is 8.11. The first-order chi connectivity index (χ1) is 15.7. The molecule has 2 heterocycles. The van der Waals surface area contributed by atoms with E-state index < -0.39 is 17.7 Å². The average Bonchev–Trinajstić information content (AvgIpc) is 3.06. The zero-order valence-corrected chi connectivity index (χ0v) is 19.9. The molecule has 1 aliphatic carbocycles. The normalized spacial score (nSPS) is 40.8. The van der Waals surface area contributed by atoms with E-state index in [0.717, 1.165) is 5.56 Å². The third-order valence-electron chi connectivity index (χ3n) is 7.87. The van der Waals surface area contributed by atoms with Gasteiger partial charge in [-0.3, -0.25) is 4.79 Å². The molecule has 8 unspecified atom stereocenters. The third kappa shape index (κ3) is 4.31. The number of carbonyl (C=O) groups excluding carboxylic acids is 2. The smallest absolute Gasteiger partial charge is 0.331 e. The number of benzene rings is 1. The zero-order valence-electron chi connectivity index (χ0n) is 19.9. The maximum atomic E-state index is 13.6. The van der Waals surface area contributed by atoms with Crippen LogP contribution in [0.4, 0.5) is 0 Å². The van der Waals surface area contributed by atoms with Crippen molar-refractivity contribution in [2.24, 2.45) is 29.6 Å². The Morgan fingerprint density at radius 2 is 1.85 bits per heavy atom. The molecular formula is C28H35NO4. The summed E-state index contributed by atoms with van der Waals surface area (Å²) in [6, 6.07) is 9.97. The molecule has 0 aromatic heterocycles. The van der Waals surface area contributed by atoms with Crippen LogP contribution in [0, 0.1) is 29.6 Å². The molecule has 2 aliphatic heterocycles. The van der Waals surface area contributed by atoms with Crippen molar-refractivity contribution in [2.45, 2.75) is 58.3 Å². The Morgan fingerprint density at radius 3 is 2.58 bits per heavy atom. The highest BCUT2D eigenvalue weighted by molar-refractivity contribution is 5.94. The van der Waals surface area contributed by atoms with Crippen LogP contribution in [-0.2, 0) is 20.7 Å². The van der Waals surface area contributed by atoms with Gasteiger partial charge in [0.15, 0.2) is 0 Å². The second kappa shape index (κ2) is 9.30. The van der Waals surface area contributed by atoms with Gasteiger partial charge in [-0.2, -0.15) is 0 Å². The number of rotatable bonds is 2. The quantitative estimate of drug-likeness (QED) is 0.529. The number of allylic oxidation sites excluding steroid dienone is 2. The number of hydrogen-bond donors (Lipinski definition) is 2. The summed E-state index contributed by atoms with van der Waals surface area (Å²) in [6.07, 6.45) is 9.98. The molecule has 0 radical (unpaired) electrons. The SMILES string of the molecule is CC1=CC2/C=C/CC(C)C(O)C(C)/C=C/C(=O)OC23C(=O)NC(Cc2ccccc2)C3C1C. The summed E-state index contributed by atoms with van der Waals surface area (Å²) in [5.41, 5.74) is 1.04. The lowest BCUT2D eigenvalue weighted by molar-refractivity contribution is -0.172. The number of esters is 1. The van der Waals surface area contributed by atoms with Gasteiger partial charge in [0.1, 0.15) is 0 Å². The van der Waals surface area contributed by atoms with Crippen molar-refractivity contribution in [3.63, 3.8) is 0 Å². The van der Waals surface area contributed by atoms with E-state index in [9.17, 15) is 14.7 Å². The van der Waals surface area contributed by atoms with E-state index in [-0.39, 0.29) is 41.5 Å².